The normalized spacial score (nSPS) is 9.47. The number of benzene rings is 1. The summed E-state index contributed by atoms with van der Waals surface area (Å²) in [6.07, 6.45) is 0. The maximum Gasteiger partial charge on any atom is 0.325 e. The highest BCUT2D eigenvalue weighted by Crippen LogP contribution is 2.23. The lowest BCUT2D eigenvalue weighted by atomic mass is 10.3. The highest BCUT2D eigenvalue weighted by atomic mass is 16.5. The number of aromatic hydroxyl groups is 1. The molecule has 0 saturated heterocycles. The van der Waals surface area contributed by atoms with Crippen LogP contribution < -0.4 is 10.1 Å². The first-order chi connectivity index (χ1) is 8.13. The summed E-state index contributed by atoms with van der Waals surface area (Å²) >= 11 is 0. The van der Waals surface area contributed by atoms with Gasteiger partial charge in [0.2, 0.25) is 0 Å². The second-order valence-electron chi connectivity index (χ2n) is 3.11. The number of methoxy groups -OCH3 is 1. The number of ether oxygens (including phenoxy) is 2. The van der Waals surface area contributed by atoms with Crippen LogP contribution in [0.25, 0.3) is 0 Å². The zero-order valence-electron chi connectivity index (χ0n) is 9.30. The third-order valence-corrected chi connectivity index (χ3v) is 1.88. The average molecular weight is 239 g/mol. The lowest BCUT2D eigenvalue weighted by Gasteiger charge is -2.07. The van der Waals surface area contributed by atoms with E-state index >= 15 is 0 Å². The number of hydrogen-bond donors (Lipinski definition) is 2. The number of carbonyl (C=O) groups excluding carboxylic acids is 2. The van der Waals surface area contributed by atoms with Crippen molar-refractivity contribution in [1.29, 1.82) is 0 Å². The van der Waals surface area contributed by atoms with Crippen molar-refractivity contribution in [3.63, 3.8) is 0 Å². The van der Waals surface area contributed by atoms with Crippen molar-refractivity contribution in [2.75, 3.05) is 20.3 Å². The Morgan fingerprint density at radius 2 is 2.06 bits per heavy atom. The van der Waals surface area contributed by atoms with Crippen molar-refractivity contribution in [3.8, 4) is 11.5 Å². The third kappa shape index (κ3) is 4.42. The van der Waals surface area contributed by atoms with Crippen LogP contribution in [0.15, 0.2) is 24.3 Å². The Labute approximate surface area is 98.2 Å². The van der Waals surface area contributed by atoms with Crippen LogP contribution >= 0.6 is 0 Å². The Hall–Kier alpha value is -2.24. The lowest BCUT2D eigenvalue weighted by Crippen LogP contribution is -2.33. The first-order valence-electron chi connectivity index (χ1n) is 4.88. The number of esters is 1. The highest BCUT2D eigenvalue weighted by molar-refractivity contribution is 5.82. The summed E-state index contributed by atoms with van der Waals surface area (Å²) in [7, 11) is 1.23. The molecule has 0 aromatic heterocycles. The van der Waals surface area contributed by atoms with Gasteiger partial charge in [0.1, 0.15) is 6.54 Å². The van der Waals surface area contributed by atoms with E-state index < -0.39 is 11.9 Å². The number of rotatable bonds is 5. The summed E-state index contributed by atoms with van der Waals surface area (Å²) < 4.78 is 9.40. The van der Waals surface area contributed by atoms with E-state index in [0.717, 1.165) is 0 Å². The van der Waals surface area contributed by atoms with Gasteiger partial charge in [0.15, 0.2) is 18.1 Å². The van der Waals surface area contributed by atoms with Crippen LogP contribution in [0, 0.1) is 0 Å². The molecule has 92 valence electrons. The molecular weight excluding hydrogens is 226 g/mol. The van der Waals surface area contributed by atoms with E-state index in [-0.39, 0.29) is 24.7 Å². The Bertz CT molecular complexity index is 405. The Kier molecular flexibility index (Phi) is 4.80. The molecule has 6 heteroatoms. The summed E-state index contributed by atoms with van der Waals surface area (Å²) in [6.45, 7) is -0.492. The number of amides is 1. The van der Waals surface area contributed by atoms with Crippen molar-refractivity contribution in [2.45, 2.75) is 0 Å². The molecule has 1 aromatic rings. The fourth-order valence-electron chi connectivity index (χ4n) is 1.02. The van der Waals surface area contributed by atoms with Crippen LogP contribution in [0.3, 0.4) is 0 Å². The second kappa shape index (κ2) is 6.37. The number of hydrogen-bond acceptors (Lipinski definition) is 5. The summed E-state index contributed by atoms with van der Waals surface area (Å²) in [6, 6.07) is 6.28. The maximum absolute atomic E-state index is 11.2. The van der Waals surface area contributed by atoms with Crippen LogP contribution in [0.4, 0.5) is 0 Å². The van der Waals surface area contributed by atoms with Gasteiger partial charge in [-0.2, -0.15) is 0 Å². The molecule has 1 aromatic carbocycles. The summed E-state index contributed by atoms with van der Waals surface area (Å²) in [5.74, 6) is -0.853. The standard InChI is InChI=1S/C11H13NO5/c1-16-11(15)6-12-10(14)7-17-9-5-3-2-4-8(9)13/h2-5,13H,6-7H2,1H3,(H,12,14). The Morgan fingerprint density at radius 3 is 2.71 bits per heavy atom. The minimum Gasteiger partial charge on any atom is -0.504 e. The lowest BCUT2D eigenvalue weighted by molar-refractivity contribution is -0.141. The minimum absolute atomic E-state index is 0.0479. The monoisotopic (exact) mass is 239 g/mol. The van der Waals surface area contributed by atoms with Crippen molar-refractivity contribution < 1.29 is 24.2 Å². The number of carbonyl (C=O) groups is 2. The van der Waals surface area contributed by atoms with E-state index in [4.69, 9.17) is 4.74 Å². The zero-order chi connectivity index (χ0) is 12.7. The van der Waals surface area contributed by atoms with Gasteiger partial charge >= 0.3 is 5.97 Å². The highest BCUT2D eigenvalue weighted by Gasteiger charge is 2.07. The molecular formula is C11H13NO5. The van der Waals surface area contributed by atoms with E-state index in [0.29, 0.717) is 0 Å². The van der Waals surface area contributed by atoms with Gasteiger partial charge in [-0.15, -0.1) is 0 Å². The fourth-order valence-corrected chi connectivity index (χ4v) is 1.02. The largest absolute Gasteiger partial charge is 0.504 e. The van der Waals surface area contributed by atoms with Gasteiger partial charge in [-0.25, -0.2) is 0 Å². The van der Waals surface area contributed by atoms with Crippen molar-refractivity contribution in [3.05, 3.63) is 24.3 Å². The van der Waals surface area contributed by atoms with Gasteiger partial charge in [0, 0.05) is 0 Å². The molecule has 6 nitrogen and oxygen atoms in total. The van der Waals surface area contributed by atoms with Gasteiger partial charge in [-0.1, -0.05) is 12.1 Å². The topological polar surface area (TPSA) is 84.9 Å². The van der Waals surface area contributed by atoms with E-state index in [1.54, 1.807) is 12.1 Å². The van der Waals surface area contributed by atoms with Crippen molar-refractivity contribution in [2.24, 2.45) is 0 Å². The SMILES string of the molecule is COC(=O)CNC(=O)COc1ccccc1O. The molecule has 2 N–H and O–H groups in total. The maximum atomic E-state index is 11.2. The molecule has 1 amide bonds. The molecule has 0 bridgehead atoms. The van der Waals surface area contributed by atoms with Gasteiger partial charge in [-0.05, 0) is 12.1 Å². The van der Waals surface area contributed by atoms with E-state index in [1.165, 1.54) is 19.2 Å². The molecule has 0 saturated carbocycles. The first kappa shape index (κ1) is 12.8. The van der Waals surface area contributed by atoms with Crippen molar-refractivity contribution in [1.82, 2.24) is 5.32 Å². The molecule has 0 aliphatic heterocycles. The van der Waals surface area contributed by atoms with Crippen LogP contribution in [-0.4, -0.2) is 37.2 Å². The van der Waals surface area contributed by atoms with Crippen LogP contribution in [-0.2, 0) is 14.3 Å². The number of para-hydroxylation sites is 2. The van der Waals surface area contributed by atoms with Gasteiger partial charge < -0.3 is 19.9 Å². The van der Waals surface area contributed by atoms with Gasteiger partial charge in [0.05, 0.1) is 7.11 Å². The smallest absolute Gasteiger partial charge is 0.325 e. The fraction of sp³-hybridized carbons (Fsp3) is 0.273. The molecule has 0 heterocycles. The molecule has 0 aliphatic carbocycles. The van der Waals surface area contributed by atoms with Gasteiger partial charge in [-0.3, -0.25) is 9.59 Å². The quantitative estimate of drug-likeness (QED) is 0.710. The minimum atomic E-state index is -0.541. The van der Waals surface area contributed by atoms with Crippen LogP contribution in [0.1, 0.15) is 0 Å². The molecule has 0 atom stereocenters. The summed E-state index contributed by atoms with van der Waals surface area (Å²) in [5, 5.41) is 11.7. The molecule has 0 aliphatic rings. The first-order valence-corrected chi connectivity index (χ1v) is 4.88. The average Bonchev–Trinajstić information content (AvgIpc) is 2.35. The Balaban J connectivity index is 2.34. The van der Waals surface area contributed by atoms with E-state index in [1.807, 2.05) is 0 Å². The summed E-state index contributed by atoms with van der Waals surface area (Å²) in [5.41, 5.74) is 0. The third-order valence-electron chi connectivity index (χ3n) is 1.88. The predicted molar refractivity (Wildman–Crippen MR) is 58.6 cm³/mol. The van der Waals surface area contributed by atoms with Crippen LogP contribution in [0.5, 0.6) is 11.5 Å². The molecule has 0 unspecified atom stereocenters. The number of phenols is 1. The molecule has 0 radical (unpaired) electrons. The van der Waals surface area contributed by atoms with E-state index in [2.05, 4.69) is 10.1 Å². The van der Waals surface area contributed by atoms with Gasteiger partial charge in [0.25, 0.3) is 5.91 Å². The second-order valence-corrected chi connectivity index (χ2v) is 3.11. The number of phenolic OH excluding ortho intramolecular Hbond substituents is 1. The van der Waals surface area contributed by atoms with Crippen LogP contribution in [0.2, 0.25) is 0 Å². The predicted octanol–water partition coefficient (Wildman–Crippen LogP) is 0.0602. The molecule has 1 rings (SSSR count). The van der Waals surface area contributed by atoms with Crippen molar-refractivity contribution >= 4 is 11.9 Å². The van der Waals surface area contributed by atoms with E-state index in [9.17, 15) is 14.7 Å². The molecule has 0 fully saturated rings. The molecule has 0 spiro atoms. The molecule has 17 heavy (non-hydrogen) atoms. The summed E-state index contributed by atoms with van der Waals surface area (Å²) in [4.78, 5) is 21.9. The zero-order valence-corrected chi connectivity index (χ0v) is 9.30. The number of nitrogens with one attached hydrogen (secondary N) is 1. The Morgan fingerprint density at radius 1 is 1.35 bits per heavy atom.